The van der Waals surface area contributed by atoms with Crippen LogP contribution in [0.2, 0.25) is 0 Å². The minimum absolute atomic E-state index is 0.742. The molecule has 0 saturated heterocycles. The van der Waals surface area contributed by atoms with Crippen molar-refractivity contribution in [3.05, 3.63) is 58.1 Å². The van der Waals surface area contributed by atoms with Crippen molar-refractivity contribution in [3.8, 4) is 17.2 Å². The molecule has 2 heteroatoms. The number of nitriles is 1. The lowest BCUT2D eigenvalue weighted by Gasteiger charge is -2.06. The molecule has 2 aromatic rings. The van der Waals surface area contributed by atoms with Crippen molar-refractivity contribution >= 4 is 15.9 Å². The fourth-order valence-electron chi connectivity index (χ4n) is 1.78. The molecule has 0 atom stereocenters. The highest BCUT2D eigenvalue weighted by atomic mass is 79.9. The number of hydrogen-bond donors (Lipinski definition) is 0. The summed E-state index contributed by atoms with van der Waals surface area (Å²) in [5.41, 5.74) is 4.01. The fourth-order valence-corrected chi connectivity index (χ4v) is 2.05. The maximum absolute atomic E-state index is 9.20. The first-order chi connectivity index (χ1) is 8.24. The number of halogens is 1. The molecule has 0 aliphatic carbocycles. The monoisotopic (exact) mass is 285 g/mol. The Labute approximate surface area is 110 Å². The highest BCUT2D eigenvalue weighted by Crippen LogP contribution is 2.26. The van der Waals surface area contributed by atoms with Gasteiger partial charge in [-0.25, -0.2) is 0 Å². The maximum Gasteiger partial charge on any atom is 0.0998 e. The summed E-state index contributed by atoms with van der Waals surface area (Å²) in [6.07, 6.45) is 0.954. The molecule has 2 rings (SSSR count). The van der Waals surface area contributed by atoms with Gasteiger partial charge >= 0.3 is 0 Å². The molecule has 1 nitrogen and oxygen atoms in total. The van der Waals surface area contributed by atoms with Crippen LogP contribution in [0, 0.1) is 11.3 Å². The Bertz CT molecular complexity index is 564. The lowest BCUT2D eigenvalue weighted by molar-refractivity contribution is 1.14. The summed E-state index contributed by atoms with van der Waals surface area (Å²) in [4.78, 5) is 0. The second-order valence-electron chi connectivity index (χ2n) is 3.85. The van der Waals surface area contributed by atoms with Crippen LogP contribution in [0.15, 0.2) is 46.9 Å². The van der Waals surface area contributed by atoms with Crippen LogP contribution in [-0.4, -0.2) is 0 Å². The SMILES string of the molecule is CCc1ccc(-c2ccc(Br)cc2)c(C#N)c1. The van der Waals surface area contributed by atoms with E-state index in [9.17, 15) is 5.26 Å². The van der Waals surface area contributed by atoms with Gasteiger partial charge in [-0.1, -0.05) is 47.1 Å². The molecular formula is C15H12BrN. The molecule has 0 radical (unpaired) electrons. The van der Waals surface area contributed by atoms with Crippen molar-refractivity contribution in [2.45, 2.75) is 13.3 Å². The van der Waals surface area contributed by atoms with E-state index in [1.807, 2.05) is 36.4 Å². The lowest BCUT2D eigenvalue weighted by Crippen LogP contribution is -1.88. The highest BCUT2D eigenvalue weighted by molar-refractivity contribution is 9.10. The van der Waals surface area contributed by atoms with E-state index in [0.717, 1.165) is 27.6 Å². The predicted molar refractivity (Wildman–Crippen MR) is 73.7 cm³/mol. The quantitative estimate of drug-likeness (QED) is 0.794. The molecule has 0 amide bonds. The minimum Gasteiger partial charge on any atom is -0.192 e. The zero-order valence-electron chi connectivity index (χ0n) is 9.57. The Morgan fingerprint density at radius 2 is 1.82 bits per heavy atom. The third-order valence-corrected chi connectivity index (χ3v) is 3.30. The van der Waals surface area contributed by atoms with Crippen LogP contribution in [0.5, 0.6) is 0 Å². The molecule has 84 valence electrons. The molecule has 0 aliphatic heterocycles. The van der Waals surface area contributed by atoms with Crippen molar-refractivity contribution in [2.75, 3.05) is 0 Å². The first-order valence-electron chi connectivity index (χ1n) is 5.53. The Balaban J connectivity index is 2.52. The first kappa shape index (κ1) is 11.9. The number of benzene rings is 2. The van der Waals surface area contributed by atoms with Crippen LogP contribution in [0.4, 0.5) is 0 Å². The molecule has 0 saturated carbocycles. The molecule has 0 aromatic heterocycles. The van der Waals surface area contributed by atoms with E-state index in [-0.39, 0.29) is 0 Å². The number of aryl methyl sites for hydroxylation is 1. The van der Waals surface area contributed by atoms with Crippen molar-refractivity contribution < 1.29 is 0 Å². The molecule has 17 heavy (non-hydrogen) atoms. The van der Waals surface area contributed by atoms with Gasteiger partial charge in [0.25, 0.3) is 0 Å². The van der Waals surface area contributed by atoms with Gasteiger partial charge in [-0.15, -0.1) is 0 Å². The van der Waals surface area contributed by atoms with Crippen molar-refractivity contribution in [1.82, 2.24) is 0 Å². The van der Waals surface area contributed by atoms with E-state index in [0.29, 0.717) is 0 Å². The van der Waals surface area contributed by atoms with E-state index in [1.54, 1.807) is 0 Å². The van der Waals surface area contributed by atoms with Crippen molar-refractivity contribution in [3.63, 3.8) is 0 Å². The van der Waals surface area contributed by atoms with E-state index >= 15 is 0 Å². The summed E-state index contributed by atoms with van der Waals surface area (Å²) in [5.74, 6) is 0. The summed E-state index contributed by atoms with van der Waals surface area (Å²) in [5, 5.41) is 9.20. The van der Waals surface area contributed by atoms with Crippen LogP contribution < -0.4 is 0 Å². The third-order valence-electron chi connectivity index (χ3n) is 2.77. The highest BCUT2D eigenvalue weighted by Gasteiger charge is 2.05. The molecule has 0 N–H and O–H groups in total. The number of hydrogen-bond acceptors (Lipinski definition) is 1. The van der Waals surface area contributed by atoms with Crippen LogP contribution in [0.1, 0.15) is 18.1 Å². The molecule has 0 fully saturated rings. The van der Waals surface area contributed by atoms with Gasteiger partial charge in [0.05, 0.1) is 11.6 Å². The summed E-state index contributed by atoms with van der Waals surface area (Å²) in [6, 6.07) is 16.4. The van der Waals surface area contributed by atoms with Gasteiger partial charge in [-0.05, 0) is 41.3 Å². The van der Waals surface area contributed by atoms with E-state index in [4.69, 9.17) is 0 Å². The maximum atomic E-state index is 9.20. The molecule has 0 spiro atoms. The Hall–Kier alpha value is -1.59. The summed E-state index contributed by atoms with van der Waals surface area (Å²) >= 11 is 3.41. The molecular weight excluding hydrogens is 274 g/mol. The van der Waals surface area contributed by atoms with Gasteiger partial charge in [0.2, 0.25) is 0 Å². The fraction of sp³-hybridized carbons (Fsp3) is 0.133. The van der Waals surface area contributed by atoms with Crippen LogP contribution in [0.25, 0.3) is 11.1 Å². The van der Waals surface area contributed by atoms with E-state index in [2.05, 4.69) is 35.0 Å². The second kappa shape index (κ2) is 5.16. The molecule has 0 bridgehead atoms. The van der Waals surface area contributed by atoms with Gasteiger partial charge in [-0.2, -0.15) is 5.26 Å². The second-order valence-corrected chi connectivity index (χ2v) is 4.77. The molecule has 2 aromatic carbocycles. The van der Waals surface area contributed by atoms with Crippen LogP contribution in [-0.2, 0) is 6.42 Å². The predicted octanol–water partition coefficient (Wildman–Crippen LogP) is 4.55. The van der Waals surface area contributed by atoms with Gasteiger partial charge in [0.15, 0.2) is 0 Å². The van der Waals surface area contributed by atoms with E-state index < -0.39 is 0 Å². The zero-order valence-corrected chi connectivity index (χ0v) is 11.2. The average molecular weight is 286 g/mol. The zero-order chi connectivity index (χ0) is 12.3. The third kappa shape index (κ3) is 2.57. The smallest absolute Gasteiger partial charge is 0.0998 e. The van der Waals surface area contributed by atoms with Gasteiger partial charge in [0, 0.05) is 4.47 Å². The number of rotatable bonds is 2. The molecule has 0 aliphatic rings. The summed E-state index contributed by atoms with van der Waals surface area (Å²) < 4.78 is 1.05. The molecule has 0 heterocycles. The van der Waals surface area contributed by atoms with E-state index in [1.165, 1.54) is 5.56 Å². The Kier molecular flexibility index (Phi) is 3.61. The normalized spacial score (nSPS) is 9.94. The minimum atomic E-state index is 0.742. The van der Waals surface area contributed by atoms with Crippen molar-refractivity contribution in [2.24, 2.45) is 0 Å². The molecule has 0 unspecified atom stereocenters. The lowest BCUT2D eigenvalue weighted by atomic mass is 9.97. The standard InChI is InChI=1S/C15H12BrN/c1-2-11-3-8-15(13(9-11)10-17)12-4-6-14(16)7-5-12/h3-9H,2H2,1H3. The largest absolute Gasteiger partial charge is 0.192 e. The van der Waals surface area contributed by atoms with Gasteiger partial charge in [0.1, 0.15) is 0 Å². The Morgan fingerprint density at radius 3 is 2.41 bits per heavy atom. The first-order valence-corrected chi connectivity index (χ1v) is 6.33. The van der Waals surface area contributed by atoms with Gasteiger partial charge in [-0.3, -0.25) is 0 Å². The topological polar surface area (TPSA) is 23.8 Å². The van der Waals surface area contributed by atoms with Gasteiger partial charge < -0.3 is 0 Å². The van der Waals surface area contributed by atoms with Crippen molar-refractivity contribution in [1.29, 1.82) is 5.26 Å². The summed E-state index contributed by atoms with van der Waals surface area (Å²) in [6.45, 7) is 2.09. The Morgan fingerprint density at radius 1 is 1.12 bits per heavy atom. The summed E-state index contributed by atoms with van der Waals surface area (Å²) in [7, 11) is 0. The van der Waals surface area contributed by atoms with Crippen LogP contribution >= 0.6 is 15.9 Å². The number of nitrogens with zero attached hydrogens (tertiary/aromatic N) is 1. The van der Waals surface area contributed by atoms with Crippen LogP contribution in [0.3, 0.4) is 0 Å². The average Bonchev–Trinajstić information content (AvgIpc) is 2.39.